The molecule has 0 aliphatic rings. The van der Waals surface area contributed by atoms with Crippen molar-refractivity contribution in [2.45, 2.75) is 45.3 Å². The fraction of sp³-hybridized carbons (Fsp3) is 0.500. The third-order valence-corrected chi connectivity index (χ3v) is 4.43. The number of rotatable bonds is 6. The smallest absolute Gasteiger partial charge is 0.322 e. The molecule has 20 heavy (non-hydrogen) atoms. The molecule has 0 aliphatic carbocycles. The zero-order valence-corrected chi connectivity index (χ0v) is 14.2. The van der Waals surface area contributed by atoms with Gasteiger partial charge in [0, 0.05) is 0 Å². The average molecular weight is 310 g/mol. The zero-order chi connectivity index (χ0) is 15.2. The lowest BCUT2D eigenvalue weighted by molar-refractivity contribution is -0.145. The number of hydrogen-bond acceptors (Lipinski definition) is 4. The molecular formula is C16H22O2S2. The molecule has 1 rings (SSSR count). The Kier molecular flexibility index (Phi) is 6.69. The second kappa shape index (κ2) is 7.79. The number of hydrogen-bond donors (Lipinski definition) is 0. The second-order valence-electron chi connectivity index (χ2n) is 5.07. The molecule has 0 unspecified atom stereocenters. The molecule has 110 valence electrons. The van der Waals surface area contributed by atoms with Crippen molar-refractivity contribution in [3.05, 3.63) is 35.4 Å². The lowest BCUT2D eigenvalue weighted by Crippen LogP contribution is -2.31. The molecule has 4 heteroatoms. The van der Waals surface area contributed by atoms with E-state index in [2.05, 4.69) is 19.1 Å². The van der Waals surface area contributed by atoms with Crippen molar-refractivity contribution in [1.29, 1.82) is 0 Å². The highest BCUT2D eigenvalue weighted by molar-refractivity contribution is 8.24. The van der Waals surface area contributed by atoms with E-state index in [0.717, 1.165) is 22.6 Å². The number of carbonyl (C=O) groups is 1. The highest BCUT2D eigenvalue weighted by atomic mass is 32.2. The molecule has 0 radical (unpaired) electrons. The summed E-state index contributed by atoms with van der Waals surface area (Å²) >= 11 is 6.81. The Hall–Kier alpha value is -0.870. The number of thioether (sulfide) groups is 1. The molecule has 0 aliphatic heterocycles. The Balaban J connectivity index is 2.72. The van der Waals surface area contributed by atoms with Gasteiger partial charge in [-0.05, 0) is 38.3 Å². The number of benzene rings is 1. The van der Waals surface area contributed by atoms with Crippen molar-refractivity contribution < 1.29 is 9.53 Å². The Labute approximate surface area is 131 Å². The molecule has 0 amide bonds. The van der Waals surface area contributed by atoms with Crippen LogP contribution in [0.2, 0.25) is 0 Å². The molecule has 0 aromatic heterocycles. The first-order chi connectivity index (χ1) is 9.40. The number of ether oxygens (including phenoxy) is 1. The normalized spacial score (nSPS) is 11.2. The minimum Gasteiger partial charge on any atom is -0.465 e. The predicted octanol–water partition coefficient (Wildman–Crippen LogP) is 4.39. The number of esters is 1. The molecule has 1 aromatic carbocycles. The van der Waals surface area contributed by atoms with E-state index < -0.39 is 4.75 Å². The SMILES string of the molecule is CCCc1ccc(C(=S)SC(C)(C)C(=O)OCC)cc1. The third kappa shape index (κ3) is 4.91. The first kappa shape index (κ1) is 17.2. The summed E-state index contributed by atoms with van der Waals surface area (Å²) in [6, 6.07) is 8.26. The van der Waals surface area contributed by atoms with E-state index in [1.807, 2.05) is 32.9 Å². The van der Waals surface area contributed by atoms with Gasteiger partial charge in [-0.25, -0.2) is 0 Å². The maximum Gasteiger partial charge on any atom is 0.322 e. The number of aryl methyl sites for hydroxylation is 1. The molecular weight excluding hydrogens is 288 g/mol. The van der Waals surface area contributed by atoms with Crippen molar-refractivity contribution in [3.63, 3.8) is 0 Å². The summed E-state index contributed by atoms with van der Waals surface area (Å²) in [5, 5.41) is 0. The van der Waals surface area contributed by atoms with Crippen LogP contribution in [0.4, 0.5) is 0 Å². The minimum atomic E-state index is -0.658. The molecule has 0 heterocycles. The molecule has 0 bridgehead atoms. The van der Waals surface area contributed by atoms with Crippen LogP contribution in [-0.4, -0.2) is 21.5 Å². The first-order valence-corrected chi connectivity index (χ1v) is 8.12. The Morgan fingerprint density at radius 2 is 1.85 bits per heavy atom. The van der Waals surface area contributed by atoms with Gasteiger partial charge in [0.05, 0.1) is 10.8 Å². The average Bonchev–Trinajstić information content (AvgIpc) is 2.39. The zero-order valence-electron chi connectivity index (χ0n) is 12.6. The van der Waals surface area contributed by atoms with Crippen molar-refractivity contribution >= 4 is 34.1 Å². The van der Waals surface area contributed by atoms with Crippen molar-refractivity contribution in [1.82, 2.24) is 0 Å². The van der Waals surface area contributed by atoms with Gasteiger partial charge < -0.3 is 4.74 Å². The van der Waals surface area contributed by atoms with Gasteiger partial charge in [-0.2, -0.15) is 0 Å². The molecule has 1 aromatic rings. The lowest BCUT2D eigenvalue weighted by Gasteiger charge is -2.22. The predicted molar refractivity (Wildman–Crippen MR) is 90.4 cm³/mol. The molecule has 0 saturated carbocycles. The van der Waals surface area contributed by atoms with Crippen molar-refractivity contribution in [2.75, 3.05) is 6.61 Å². The minimum absolute atomic E-state index is 0.227. The van der Waals surface area contributed by atoms with Crippen LogP contribution in [0.3, 0.4) is 0 Å². The third-order valence-electron chi connectivity index (χ3n) is 2.84. The van der Waals surface area contributed by atoms with Gasteiger partial charge >= 0.3 is 5.97 Å². The summed E-state index contributed by atoms with van der Waals surface area (Å²) in [5.41, 5.74) is 2.30. The molecule has 0 N–H and O–H groups in total. The molecule has 0 fully saturated rings. The van der Waals surface area contributed by atoms with Gasteiger partial charge in [0.1, 0.15) is 4.75 Å². The van der Waals surface area contributed by atoms with E-state index in [-0.39, 0.29) is 5.97 Å². The van der Waals surface area contributed by atoms with Crippen molar-refractivity contribution in [3.8, 4) is 0 Å². The van der Waals surface area contributed by atoms with E-state index in [1.165, 1.54) is 17.3 Å². The Morgan fingerprint density at radius 1 is 1.25 bits per heavy atom. The summed E-state index contributed by atoms with van der Waals surface area (Å²) in [7, 11) is 0. The first-order valence-electron chi connectivity index (χ1n) is 6.90. The molecule has 2 nitrogen and oxygen atoms in total. The van der Waals surface area contributed by atoms with Gasteiger partial charge in [0.25, 0.3) is 0 Å². The van der Waals surface area contributed by atoms with Crippen LogP contribution in [0.25, 0.3) is 0 Å². The van der Waals surface area contributed by atoms with E-state index in [4.69, 9.17) is 17.0 Å². The standard InChI is InChI=1S/C16H22O2S2/c1-5-7-12-8-10-13(11-9-12)14(19)20-16(3,4)15(17)18-6-2/h8-11H,5-7H2,1-4H3. The van der Waals surface area contributed by atoms with Crippen LogP contribution < -0.4 is 0 Å². The summed E-state index contributed by atoms with van der Waals surface area (Å²) < 4.78 is 5.15. The monoisotopic (exact) mass is 310 g/mol. The highest BCUT2D eigenvalue weighted by Gasteiger charge is 2.31. The largest absolute Gasteiger partial charge is 0.465 e. The van der Waals surface area contributed by atoms with E-state index in [9.17, 15) is 4.79 Å². The highest BCUT2D eigenvalue weighted by Crippen LogP contribution is 2.30. The summed E-state index contributed by atoms with van der Waals surface area (Å²) in [5.74, 6) is -0.227. The van der Waals surface area contributed by atoms with E-state index >= 15 is 0 Å². The van der Waals surface area contributed by atoms with Gasteiger partial charge in [-0.3, -0.25) is 4.79 Å². The quantitative estimate of drug-likeness (QED) is 0.575. The molecule has 0 spiro atoms. The molecule has 0 atom stereocenters. The van der Waals surface area contributed by atoms with Crippen LogP contribution in [0.1, 0.15) is 45.2 Å². The fourth-order valence-electron chi connectivity index (χ4n) is 1.73. The fourth-order valence-corrected chi connectivity index (χ4v) is 3.35. The topological polar surface area (TPSA) is 26.3 Å². The van der Waals surface area contributed by atoms with Crippen LogP contribution >= 0.6 is 24.0 Å². The van der Waals surface area contributed by atoms with Gasteiger partial charge in [0.15, 0.2) is 0 Å². The maximum atomic E-state index is 11.9. The second-order valence-corrected chi connectivity index (χ2v) is 7.37. The lowest BCUT2D eigenvalue weighted by atomic mass is 10.1. The van der Waals surface area contributed by atoms with Gasteiger partial charge in [0.2, 0.25) is 0 Å². The maximum absolute atomic E-state index is 11.9. The van der Waals surface area contributed by atoms with Crippen LogP contribution in [-0.2, 0) is 16.0 Å². The van der Waals surface area contributed by atoms with E-state index in [0.29, 0.717) is 6.61 Å². The number of thiocarbonyl (C=S) groups is 1. The summed E-state index contributed by atoms with van der Waals surface area (Å²) in [6.07, 6.45) is 2.21. The Bertz CT molecular complexity index is 464. The summed E-state index contributed by atoms with van der Waals surface area (Å²) in [4.78, 5) is 11.9. The summed E-state index contributed by atoms with van der Waals surface area (Å²) in [6.45, 7) is 8.04. The van der Waals surface area contributed by atoms with E-state index in [1.54, 1.807) is 0 Å². The van der Waals surface area contributed by atoms with Crippen LogP contribution in [0.5, 0.6) is 0 Å². The number of carbonyl (C=O) groups excluding carboxylic acids is 1. The van der Waals surface area contributed by atoms with Crippen LogP contribution in [0, 0.1) is 0 Å². The Morgan fingerprint density at radius 3 is 2.35 bits per heavy atom. The van der Waals surface area contributed by atoms with Crippen LogP contribution in [0.15, 0.2) is 24.3 Å². The molecule has 0 saturated heterocycles. The van der Waals surface area contributed by atoms with Crippen molar-refractivity contribution in [2.24, 2.45) is 0 Å². The van der Waals surface area contributed by atoms with Gasteiger partial charge in [-0.15, -0.1) is 0 Å². The van der Waals surface area contributed by atoms with Gasteiger partial charge in [-0.1, -0.05) is 61.6 Å².